The molecule has 0 unspecified atom stereocenters. The van der Waals surface area contributed by atoms with Crippen molar-refractivity contribution in [2.24, 2.45) is 5.92 Å². The number of aliphatic hydroxyl groups excluding tert-OH is 1. The fraction of sp³-hybridized carbons (Fsp3) is 0.417. The molecule has 0 saturated carbocycles. The lowest BCUT2D eigenvalue weighted by molar-refractivity contribution is -0.135. The standard InChI is InChI=1S/C24H26N6O3S/c1-2-33-19-9-17-14(10-27-29-17)7-18(19)28-22-21-16-4-3-13(24(32)30-6-5-15(31)11-30)8-20(16)34-23(21)26-12-25-22/h7,9-10,12-13,15,31H,2-6,8,11H2,1H3,(H,27,29)(H,25,26,28)/t13-,15-/m0/s1. The van der Waals surface area contributed by atoms with Gasteiger partial charge in [-0.2, -0.15) is 5.10 Å². The number of hydrogen-bond donors (Lipinski definition) is 3. The van der Waals surface area contributed by atoms with Crippen molar-refractivity contribution in [3.05, 3.63) is 35.1 Å². The molecule has 176 valence electrons. The summed E-state index contributed by atoms with van der Waals surface area (Å²) < 4.78 is 5.88. The molecule has 10 heteroatoms. The number of likely N-dealkylation sites (tertiary alicyclic amines) is 1. The number of aromatic nitrogens is 4. The lowest BCUT2D eigenvalue weighted by atomic mass is 9.87. The first kappa shape index (κ1) is 21.3. The van der Waals surface area contributed by atoms with E-state index in [2.05, 4.69) is 25.5 Å². The third kappa shape index (κ3) is 3.67. The summed E-state index contributed by atoms with van der Waals surface area (Å²) in [6, 6.07) is 3.96. The van der Waals surface area contributed by atoms with Crippen LogP contribution in [-0.4, -0.2) is 61.9 Å². The van der Waals surface area contributed by atoms with Crippen molar-refractivity contribution in [2.75, 3.05) is 25.0 Å². The highest BCUT2D eigenvalue weighted by Crippen LogP contribution is 2.42. The number of nitrogens with one attached hydrogen (secondary N) is 2. The highest BCUT2D eigenvalue weighted by molar-refractivity contribution is 7.19. The van der Waals surface area contributed by atoms with Gasteiger partial charge in [0.15, 0.2) is 0 Å². The second-order valence-corrected chi connectivity index (χ2v) is 10.0. The lowest BCUT2D eigenvalue weighted by Gasteiger charge is -2.26. The van der Waals surface area contributed by atoms with Gasteiger partial charge in [0.25, 0.3) is 0 Å². The minimum Gasteiger partial charge on any atom is -0.492 e. The average Bonchev–Trinajstić information content (AvgIpc) is 3.56. The Hall–Kier alpha value is -3.24. The van der Waals surface area contributed by atoms with Crippen LogP contribution in [0.15, 0.2) is 24.7 Å². The maximum atomic E-state index is 13.0. The third-order valence-corrected chi connectivity index (χ3v) is 7.93. The molecule has 1 aromatic carbocycles. The first-order valence-corrected chi connectivity index (χ1v) is 12.5. The Morgan fingerprint density at radius 1 is 1.35 bits per heavy atom. The first-order valence-electron chi connectivity index (χ1n) is 11.7. The zero-order valence-electron chi connectivity index (χ0n) is 18.9. The molecule has 6 rings (SSSR count). The van der Waals surface area contributed by atoms with Crippen LogP contribution in [0, 0.1) is 5.92 Å². The van der Waals surface area contributed by atoms with Crippen molar-refractivity contribution >= 4 is 49.9 Å². The van der Waals surface area contributed by atoms with Gasteiger partial charge in [0, 0.05) is 35.3 Å². The summed E-state index contributed by atoms with van der Waals surface area (Å²) in [5.41, 5.74) is 2.97. The Bertz CT molecular complexity index is 1380. The van der Waals surface area contributed by atoms with E-state index in [0.29, 0.717) is 32.5 Å². The fourth-order valence-corrected chi connectivity index (χ4v) is 6.35. The number of aromatic amines is 1. The Labute approximate surface area is 200 Å². The fourth-order valence-electron chi connectivity index (χ4n) is 5.09. The number of carbonyl (C=O) groups excluding carboxylic acids is 1. The van der Waals surface area contributed by atoms with Crippen LogP contribution in [0.4, 0.5) is 11.5 Å². The number of β-amino-alcohol motifs (C(OH)–C–C–N with tert-alkyl or cyclic N) is 1. The maximum Gasteiger partial charge on any atom is 0.226 e. The van der Waals surface area contributed by atoms with Crippen LogP contribution in [0.25, 0.3) is 21.1 Å². The molecular weight excluding hydrogens is 452 g/mol. The van der Waals surface area contributed by atoms with Crippen LogP contribution in [0.1, 0.15) is 30.2 Å². The number of amides is 1. The van der Waals surface area contributed by atoms with E-state index < -0.39 is 0 Å². The Morgan fingerprint density at radius 2 is 2.26 bits per heavy atom. The summed E-state index contributed by atoms with van der Waals surface area (Å²) in [4.78, 5) is 26.1. The van der Waals surface area contributed by atoms with Crippen LogP contribution in [0.3, 0.4) is 0 Å². The van der Waals surface area contributed by atoms with E-state index in [1.807, 2.05) is 24.0 Å². The monoisotopic (exact) mass is 478 g/mol. The summed E-state index contributed by atoms with van der Waals surface area (Å²) >= 11 is 1.65. The Kier molecular flexibility index (Phi) is 5.34. The normalized spacial score (nSPS) is 20.1. The van der Waals surface area contributed by atoms with E-state index >= 15 is 0 Å². The molecule has 0 bridgehead atoms. The second-order valence-electron chi connectivity index (χ2n) is 8.94. The molecule has 3 aromatic heterocycles. The predicted molar refractivity (Wildman–Crippen MR) is 131 cm³/mol. The molecule has 0 spiro atoms. The molecule has 1 amide bonds. The number of ether oxygens (including phenoxy) is 1. The topological polar surface area (TPSA) is 116 Å². The number of anilines is 2. The SMILES string of the molecule is CCOc1cc2[nH]ncc2cc1Nc1ncnc2sc3c(c12)CC[C@H](C(=O)N1CC[C@H](O)C1)C3. The lowest BCUT2D eigenvalue weighted by Crippen LogP contribution is -2.37. The zero-order chi connectivity index (χ0) is 23.2. The quantitative estimate of drug-likeness (QED) is 0.402. The molecule has 9 nitrogen and oxygen atoms in total. The average molecular weight is 479 g/mol. The van der Waals surface area contributed by atoms with Crippen LogP contribution >= 0.6 is 11.3 Å². The molecule has 4 aromatic rings. The number of H-pyrrole nitrogens is 1. The summed E-state index contributed by atoms with van der Waals surface area (Å²) in [7, 11) is 0. The number of nitrogens with zero attached hydrogens (tertiary/aromatic N) is 4. The van der Waals surface area contributed by atoms with Crippen molar-refractivity contribution in [2.45, 2.75) is 38.7 Å². The summed E-state index contributed by atoms with van der Waals surface area (Å²) in [6.45, 7) is 3.61. The van der Waals surface area contributed by atoms with Gasteiger partial charge >= 0.3 is 0 Å². The first-order chi connectivity index (χ1) is 16.6. The number of thiophene rings is 1. The molecule has 1 aliphatic heterocycles. The van der Waals surface area contributed by atoms with Gasteiger partial charge in [0.2, 0.25) is 5.91 Å². The van der Waals surface area contributed by atoms with Gasteiger partial charge < -0.3 is 20.1 Å². The van der Waals surface area contributed by atoms with E-state index in [4.69, 9.17) is 4.74 Å². The van der Waals surface area contributed by atoms with Crippen LogP contribution in [-0.2, 0) is 17.6 Å². The van der Waals surface area contributed by atoms with Gasteiger partial charge in [0.1, 0.15) is 22.7 Å². The maximum absolute atomic E-state index is 13.0. The molecule has 3 N–H and O–H groups in total. The van der Waals surface area contributed by atoms with Gasteiger partial charge in [0.05, 0.1) is 35.5 Å². The van der Waals surface area contributed by atoms with Crippen molar-refractivity contribution in [1.82, 2.24) is 25.1 Å². The largest absolute Gasteiger partial charge is 0.492 e. The van der Waals surface area contributed by atoms with E-state index in [1.165, 1.54) is 10.4 Å². The molecule has 1 aliphatic carbocycles. The summed E-state index contributed by atoms with van der Waals surface area (Å²) in [5, 5.41) is 22.4. The van der Waals surface area contributed by atoms with Crippen LogP contribution in [0.5, 0.6) is 5.75 Å². The van der Waals surface area contributed by atoms with E-state index in [9.17, 15) is 9.90 Å². The predicted octanol–water partition coefficient (Wildman–Crippen LogP) is 3.41. The molecule has 4 heterocycles. The summed E-state index contributed by atoms with van der Waals surface area (Å²) in [5.74, 6) is 1.61. The van der Waals surface area contributed by atoms with Crippen LogP contribution < -0.4 is 10.1 Å². The number of aryl methyl sites for hydroxylation is 1. The van der Waals surface area contributed by atoms with Crippen LogP contribution in [0.2, 0.25) is 0 Å². The highest BCUT2D eigenvalue weighted by Gasteiger charge is 2.34. The van der Waals surface area contributed by atoms with Gasteiger partial charge in [-0.1, -0.05) is 0 Å². The van der Waals surface area contributed by atoms with E-state index in [-0.39, 0.29) is 17.9 Å². The van der Waals surface area contributed by atoms with Crippen molar-refractivity contribution in [3.63, 3.8) is 0 Å². The molecule has 1 fully saturated rings. The number of rotatable bonds is 5. The molecule has 34 heavy (non-hydrogen) atoms. The Morgan fingerprint density at radius 3 is 3.09 bits per heavy atom. The highest BCUT2D eigenvalue weighted by atomic mass is 32.1. The van der Waals surface area contributed by atoms with Crippen molar-refractivity contribution in [1.29, 1.82) is 0 Å². The third-order valence-electron chi connectivity index (χ3n) is 6.76. The second kappa shape index (κ2) is 8.52. The molecule has 2 atom stereocenters. The molecular formula is C24H26N6O3S. The number of fused-ring (bicyclic) bond motifs is 4. The van der Waals surface area contributed by atoms with Crippen molar-refractivity contribution < 1.29 is 14.6 Å². The number of hydrogen-bond acceptors (Lipinski definition) is 8. The Balaban J connectivity index is 1.32. The van der Waals surface area contributed by atoms with Gasteiger partial charge in [-0.3, -0.25) is 9.89 Å². The summed E-state index contributed by atoms with van der Waals surface area (Å²) in [6.07, 6.45) is 5.97. The van der Waals surface area contributed by atoms with Gasteiger partial charge in [-0.15, -0.1) is 11.3 Å². The minimum absolute atomic E-state index is 0.0386. The van der Waals surface area contributed by atoms with Crippen molar-refractivity contribution in [3.8, 4) is 5.75 Å². The number of carbonyl (C=O) groups is 1. The van der Waals surface area contributed by atoms with Gasteiger partial charge in [-0.05, 0) is 44.2 Å². The number of benzene rings is 1. The minimum atomic E-state index is -0.390. The van der Waals surface area contributed by atoms with Gasteiger partial charge in [-0.25, -0.2) is 9.97 Å². The molecule has 1 saturated heterocycles. The number of aliphatic hydroxyl groups is 1. The van der Waals surface area contributed by atoms with E-state index in [1.54, 1.807) is 23.9 Å². The smallest absolute Gasteiger partial charge is 0.226 e. The molecule has 2 aliphatic rings. The van der Waals surface area contributed by atoms with E-state index in [0.717, 1.165) is 51.2 Å². The zero-order valence-corrected chi connectivity index (χ0v) is 19.7. The molecule has 0 radical (unpaired) electrons.